The Morgan fingerprint density at radius 2 is 2.05 bits per heavy atom. The number of rotatable bonds is 5. The molecule has 0 amide bonds. The number of nitrogens with zero attached hydrogens (tertiary/aromatic N) is 1. The van der Waals surface area contributed by atoms with Gasteiger partial charge in [-0.25, -0.2) is 0 Å². The van der Waals surface area contributed by atoms with E-state index >= 15 is 0 Å². The van der Waals surface area contributed by atoms with Crippen LogP contribution in [0.5, 0.6) is 0 Å². The van der Waals surface area contributed by atoms with Gasteiger partial charge in [-0.2, -0.15) is 0 Å². The van der Waals surface area contributed by atoms with Crippen LogP contribution >= 0.6 is 15.9 Å². The molecule has 3 N–H and O–H groups in total. The molecule has 1 atom stereocenters. The van der Waals surface area contributed by atoms with Crippen LogP contribution in [0.4, 0.5) is 5.69 Å². The molecule has 112 valence electrons. The van der Waals surface area contributed by atoms with Gasteiger partial charge < -0.3 is 15.7 Å². The van der Waals surface area contributed by atoms with Gasteiger partial charge in [0.25, 0.3) is 0 Å². The quantitative estimate of drug-likeness (QED) is 0.860. The maximum absolute atomic E-state index is 9.37. The van der Waals surface area contributed by atoms with Gasteiger partial charge in [0.1, 0.15) is 0 Å². The molecule has 0 heterocycles. The third-order valence-electron chi connectivity index (χ3n) is 4.16. The van der Waals surface area contributed by atoms with Crippen molar-refractivity contribution >= 4 is 21.6 Å². The predicted octanol–water partition coefficient (Wildman–Crippen LogP) is 3.60. The average molecular weight is 341 g/mol. The number of halogens is 1. The topological polar surface area (TPSA) is 49.5 Å². The van der Waals surface area contributed by atoms with Gasteiger partial charge in [0.15, 0.2) is 0 Å². The van der Waals surface area contributed by atoms with Crippen molar-refractivity contribution in [3.05, 3.63) is 28.2 Å². The summed E-state index contributed by atoms with van der Waals surface area (Å²) in [6.45, 7) is 2.89. The Morgan fingerprint density at radius 1 is 1.35 bits per heavy atom. The van der Waals surface area contributed by atoms with Crippen LogP contribution in [0.3, 0.4) is 0 Å². The molecule has 0 aliphatic heterocycles. The SMILES string of the molecule is CC(N)c1ccc(N(CCO)C2CCCCC2)cc1Br. The minimum atomic E-state index is 0.0272. The van der Waals surface area contributed by atoms with Crippen LogP contribution in [-0.4, -0.2) is 24.3 Å². The second-order valence-electron chi connectivity index (χ2n) is 5.70. The van der Waals surface area contributed by atoms with E-state index in [1.54, 1.807) is 0 Å². The van der Waals surface area contributed by atoms with Gasteiger partial charge in [-0.1, -0.05) is 41.3 Å². The Balaban J connectivity index is 2.22. The van der Waals surface area contributed by atoms with Gasteiger partial charge in [0.05, 0.1) is 6.61 Å². The Hall–Kier alpha value is -0.580. The summed E-state index contributed by atoms with van der Waals surface area (Å²) in [6.07, 6.45) is 6.40. The van der Waals surface area contributed by atoms with Gasteiger partial charge in [0, 0.05) is 28.8 Å². The van der Waals surface area contributed by atoms with E-state index in [4.69, 9.17) is 5.73 Å². The van der Waals surface area contributed by atoms with Gasteiger partial charge in [0.2, 0.25) is 0 Å². The number of nitrogens with two attached hydrogens (primary N) is 1. The van der Waals surface area contributed by atoms with Crippen LogP contribution in [0.1, 0.15) is 50.6 Å². The summed E-state index contributed by atoms with van der Waals surface area (Å²) < 4.78 is 1.06. The zero-order valence-corrected chi connectivity index (χ0v) is 13.8. The van der Waals surface area contributed by atoms with E-state index in [9.17, 15) is 5.11 Å². The van der Waals surface area contributed by atoms with E-state index in [1.807, 2.05) is 6.92 Å². The Kier molecular flexibility index (Phi) is 5.87. The molecule has 1 fully saturated rings. The first-order chi connectivity index (χ1) is 9.63. The van der Waals surface area contributed by atoms with E-state index in [2.05, 4.69) is 39.0 Å². The molecule has 1 aromatic rings. The molecular weight excluding hydrogens is 316 g/mol. The summed E-state index contributed by atoms with van der Waals surface area (Å²) in [5.41, 5.74) is 8.27. The Bertz CT molecular complexity index is 430. The minimum absolute atomic E-state index is 0.0272. The first-order valence-corrected chi connectivity index (χ1v) is 8.35. The first-order valence-electron chi connectivity index (χ1n) is 7.56. The molecule has 0 radical (unpaired) electrons. The zero-order chi connectivity index (χ0) is 14.5. The molecular formula is C16H25BrN2O. The third-order valence-corrected chi connectivity index (χ3v) is 4.85. The molecule has 3 nitrogen and oxygen atoms in total. The van der Waals surface area contributed by atoms with E-state index in [1.165, 1.54) is 37.8 Å². The zero-order valence-electron chi connectivity index (χ0n) is 12.2. The fourth-order valence-electron chi connectivity index (χ4n) is 3.09. The summed E-state index contributed by atoms with van der Waals surface area (Å²) in [4.78, 5) is 2.36. The second-order valence-corrected chi connectivity index (χ2v) is 6.56. The molecule has 0 saturated heterocycles. The summed E-state index contributed by atoms with van der Waals surface area (Å²) in [6, 6.07) is 6.96. The summed E-state index contributed by atoms with van der Waals surface area (Å²) in [7, 11) is 0. The number of aliphatic hydroxyl groups excluding tert-OH is 1. The lowest BCUT2D eigenvalue weighted by molar-refractivity contribution is 0.290. The van der Waals surface area contributed by atoms with Crippen molar-refractivity contribution in [2.45, 2.75) is 51.1 Å². The minimum Gasteiger partial charge on any atom is -0.395 e. The molecule has 1 aromatic carbocycles. The molecule has 0 spiro atoms. The van der Waals surface area contributed by atoms with Crippen LogP contribution in [0.2, 0.25) is 0 Å². The van der Waals surface area contributed by atoms with E-state index < -0.39 is 0 Å². The van der Waals surface area contributed by atoms with Crippen molar-refractivity contribution in [3.63, 3.8) is 0 Å². The Labute approximate surface area is 130 Å². The van der Waals surface area contributed by atoms with E-state index in [0.717, 1.165) is 10.0 Å². The van der Waals surface area contributed by atoms with Gasteiger partial charge >= 0.3 is 0 Å². The molecule has 2 rings (SSSR count). The lowest BCUT2D eigenvalue weighted by Gasteiger charge is -2.36. The highest BCUT2D eigenvalue weighted by Crippen LogP contribution is 2.31. The smallest absolute Gasteiger partial charge is 0.0606 e. The first kappa shape index (κ1) is 15.8. The third kappa shape index (κ3) is 3.74. The van der Waals surface area contributed by atoms with E-state index in [0.29, 0.717) is 12.6 Å². The maximum Gasteiger partial charge on any atom is 0.0606 e. The molecule has 0 aromatic heterocycles. The van der Waals surface area contributed by atoms with Crippen molar-refractivity contribution in [1.82, 2.24) is 0 Å². The average Bonchev–Trinajstić information content (AvgIpc) is 2.45. The van der Waals surface area contributed by atoms with Crippen LogP contribution in [0.15, 0.2) is 22.7 Å². The summed E-state index contributed by atoms with van der Waals surface area (Å²) in [5, 5.41) is 9.37. The highest BCUT2D eigenvalue weighted by atomic mass is 79.9. The van der Waals surface area contributed by atoms with Crippen LogP contribution in [0, 0.1) is 0 Å². The van der Waals surface area contributed by atoms with Crippen LogP contribution in [0.25, 0.3) is 0 Å². The van der Waals surface area contributed by atoms with Crippen molar-refractivity contribution < 1.29 is 5.11 Å². The molecule has 4 heteroatoms. The fraction of sp³-hybridized carbons (Fsp3) is 0.625. The number of aliphatic hydroxyl groups is 1. The molecule has 20 heavy (non-hydrogen) atoms. The largest absolute Gasteiger partial charge is 0.395 e. The highest BCUT2D eigenvalue weighted by molar-refractivity contribution is 9.10. The van der Waals surface area contributed by atoms with Crippen molar-refractivity contribution in [1.29, 1.82) is 0 Å². The molecule has 1 aliphatic carbocycles. The number of anilines is 1. The normalized spacial score (nSPS) is 18.0. The van der Waals surface area contributed by atoms with Gasteiger partial charge in [-0.15, -0.1) is 0 Å². The monoisotopic (exact) mass is 340 g/mol. The second kappa shape index (κ2) is 7.43. The van der Waals surface area contributed by atoms with Crippen LogP contribution in [-0.2, 0) is 0 Å². The molecule has 0 bridgehead atoms. The van der Waals surface area contributed by atoms with Crippen molar-refractivity contribution in [3.8, 4) is 0 Å². The van der Waals surface area contributed by atoms with Gasteiger partial charge in [-0.05, 0) is 37.5 Å². The van der Waals surface area contributed by atoms with Crippen molar-refractivity contribution in [2.24, 2.45) is 5.73 Å². The summed E-state index contributed by atoms with van der Waals surface area (Å²) in [5.74, 6) is 0. The van der Waals surface area contributed by atoms with Crippen molar-refractivity contribution in [2.75, 3.05) is 18.1 Å². The highest BCUT2D eigenvalue weighted by Gasteiger charge is 2.21. The number of benzene rings is 1. The molecule has 1 saturated carbocycles. The standard InChI is InChI=1S/C16H25BrN2O/c1-12(18)15-8-7-14(11-16(15)17)19(9-10-20)13-5-3-2-4-6-13/h7-8,11-13,20H,2-6,9-10,18H2,1H3. The maximum atomic E-state index is 9.37. The predicted molar refractivity (Wildman–Crippen MR) is 88.0 cm³/mol. The number of hydrogen-bond acceptors (Lipinski definition) is 3. The Morgan fingerprint density at radius 3 is 2.60 bits per heavy atom. The molecule has 1 unspecified atom stereocenters. The lowest BCUT2D eigenvalue weighted by atomic mass is 9.93. The van der Waals surface area contributed by atoms with Crippen LogP contribution < -0.4 is 10.6 Å². The number of hydrogen-bond donors (Lipinski definition) is 2. The van der Waals surface area contributed by atoms with Gasteiger partial charge in [-0.3, -0.25) is 0 Å². The lowest BCUT2D eigenvalue weighted by Crippen LogP contribution is -2.38. The fourth-order valence-corrected chi connectivity index (χ4v) is 3.81. The summed E-state index contributed by atoms with van der Waals surface area (Å²) >= 11 is 3.62. The van der Waals surface area contributed by atoms with E-state index in [-0.39, 0.29) is 12.6 Å². The molecule has 1 aliphatic rings.